The van der Waals surface area contributed by atoms with Gasteiger partial charge in [0.05, 0.1) is 43.2 Å². The van der Waals surface area contributed by atoms with Gasteiger partial charge in [0.2, 0.25) is 10.0 Å². The summed E-state index contributed by atoms with van der Waals surface area (Å²) in [4.78, 5) is 11.6. The fraction of sp³-hybridized carbons (Fsp3) is 0.458. The molecule has 1 heterocycles. The first-order valence-electron chi connectivity index (χ1n) is 11.2. The molecule has 2 aliphatic rings. The monoisotopic (exact) mass is 493 g/mol. The Morgan fingerprint density at radius 1 is 1.15 bits per heavy atom. The smallest absolute Gasteiger partial charge is 0.337 e. The zero-order valence-corrected chi connectivity index (χ0v) is 20.2. The maximum absolute atomic E-state index is 13.0. The number of benzene rings is 2. The van der Waals surface area contributed by atoms with Crippen LogP contribution in [0, 0.1) is 0 Å². The van der Waals surface area contributed by atoms with Crippen LogP contribution in [-0.2, 0) is 21.3 Å². The van der Waals surface area contributed by atoms with Crippen molar-refractivity contribution in [3.05, 3.63) is 64.7 Å². The maximum atomic E-state index is 13.0. The van der Waals surface area contributed by atoms with Crippen LogP contribution in [0.5, 0.6) is 0 Å². The number of hydrogen-bond donors (Lipinski definition) is 2. The third-order valence-electron chi connectivity index (χ3n) is 7.10. The molecule has 0 aromatic heterocycles. The number of piperidine rings is 1. The number of carbonyl (C=O) groups excluding carboxylic acids is 1. The molecular formula is C24H30ClN2O5S+. The minimum Gasteiger partial charge on any atom is -0.465 e. The average Bonchev–Trinajstić information content (AvgIpc) is 2.80. The lowest BCUT2D eigenvalue weighted by atomic mass is 9.83. The molecule has 2 aromatic rings. The zero-order valence-electron chi connectivity index (χ0n) is 18.6. The van der Waals surface area contributed by atoms with Gasteiger partial charge in [-0.2, -0.15) is 0 Å². The lowest BCUT2D eigenvalue weighted by molar-refractivity contribution is -0.00183. The van der Waals surface area contributed by atoms with E-state index in [0.29, 0.717) is 41.0 Å². The summed E-state index contributed by atoms with van der Waals surface area (Å²) in [6.45, 7) is 1.55. The number of methoxy groups -OCH3 is 1. The number of halogens is 1. The van der Waals surface area contributed by atoms with Gasteiger partial charge >= 0.3 is 5.97 Å². The predicted molar refractivity (Wildman–Crippen MR) is 129 cm³/mol. The van der Waals surface area contributed by atoms with E-state index >= 15 is 0 Å². The van der Waals surface area contributed by atoms with Crippen LogP contribution in [0.15, 0.2) is 48.5 Å². The van der Waals surface area contributed by atoms with Crippen molar-refractivity contribution in [3.8, 4) is 0 Å². The first kappa shape index (κ1) is 24.2. The molecule has 7 nitrogen and oxygen atoms in total. The molecule has 2 aromatic carbocycles. The predicted octanol–water partition coefficient (Wildman–Crippen LogP) is 3.24. The second-order valence-electron chi connectivity index (χ2n) is 8.99. The molecule has 9 heteroatoms. The number of nitrogens with zero attached hydrogens (tertiary/aromatic N) is 1. The molecule has 1 aliphatic carbocycles. The summed E-state index contributed by atoms with van der Waals surface area (Å²) in [6.07, 6.45) is 2.25. The Labute approximate surface area is 200 Å². The van der Waals surface area contributed by atoms with Crippen LogP contribution in [0.4, 0.5) is 5.69 Å². The van der Waals surface area contributed by atoms with E-state index < -0.39 is 21.2 Å². The van der Waals surface area contributed by atoms with Crippen molar-refractivity contribution in [2.45, 2.75) is 49.6 Å². The highest BCUT2D eigenvalue weighted by Gasteiger charge is 2.50. The molecule has 1 saturated carbocycles. The second kappa shape index (κ2) is 9.72. The van der Waals surface area contributed by atoms with Gasteiger partial charge in [-0.15, -0.1) is 0 Å². The number of ether oxygens (including phenoxy) is 1. The summed E-state index contributed by atoms with van der Waals surface area (Å²) in [6, 6.07) is 14.8. The Morgan fingerprint density at radius 3 is 2.39 bits per heavy atom. The summed E-state index contributed by atoms with van der Waals surface area (Å²) in [7, 11) is -2.18. The molecule has 0 spiro atoms. The van der Waals surface area contributed by atoms with Crippen molar-refractivity contribution in [2.24, 2.45) is 0 Å². The Kier molecular flexibility index (Phi) is 7.12. The highest BCUT2D eigenvalue weighted by atomic mass is 35.5. The molecular weight excluding hydrogens is 464 g/mol. The van der Waals surface area contributed by atoms with E-state index in [4.69, 9.17) is 11.6 Å². The molecule has 2 fully saturated rings. The van der Waals surface area contributed by atoms with E-state index in [0.717, 1.165) is 24.1 Å². The Hall–Kier alpha value is -1.97. The van der Waals surface area contributed by atoms with Crippen molar-refractivity contribution in [2.75, 3.05) is 20.2 Å². The number of sulfonamides is 1. The van der Waals surface area contributed by atoms with Crippen LogP contribution in [0.25, 0.3) is 0 Å². The fourth-order valence-electron chi connectivity index (χ4n) is 5.04. The molecule has 0 bridgehead atoms. The summed E-state index contributed by atoms with van der Waals surface area (Å²) in [5.41, 5.74) is 2.29. The van der Waals surface area contributed by atoms with Crippen LogP contribution >= 0.6 is 11.6 Å². The number of aliphatic hydroxyl groups excluding tert-OH is 1. The Morgan fingerprint density at radius 2 is 1.82 bits per heavy atom. The van der Waals surface area contributed by atoms with Crippen molar-refractivity contribution in [1.29, 1.82) is 0 Å². The van der Waals surface area contributed by atoms with E-state index in [1.54, 1.807) is 24.3 Å². The number of aliphatic hydroxyl groups is 1. The fourth-order valence-corrected chi connectivity index (χ4v) is 6.66. The SMILES string of the molecule is COC(=O)c1ccc(CNS(=O)(=O)C2CC[N+](c3cccc(Cl)c3)(C3CC(O)C3)CC2)cc1. The highest BCUT2D eigenvalue weighted by molar-refractivity contribution is 7.90. The normalized spacial score (nSPS) is 27.5. The van der Waals surface area contributed by atoms with Gasteiger partial charge in [0.1, 0.15) is 5.69 Å². The van der Waals surface area contributed by atoms with Gasteiger partial charge in [0, 0.05) is 43.3 Å². The number of hydrogen-bond acceptors (Lipinski definition) is 5. The topological polar surface area (TPSA) is 92.7 Å². The maximum Gasteiger partial charge on any atom is 0.337 e. The van der Waals surface area contributed by atoms with Gasteiger partial charge in [0.25, 0.3) is 0 Å². The van der Waals surface area contributed by atoms with E-state index in [-0.39, 0.29) is 18.7 Å². The second-order valence-corrected chi connectivity index (χ2v) is 11.5. The lowest BCUT2D eigenvalue weighted by Gasteiger charge is -2.52. The molecule has 1 aliphatic heterocycles. The third kappa shape index (κ3) is 5.10. The standard InChI is InChI=1S/C24H30ClN2O5S/c1-32-24(29)18-7-5-17(6-8-18)16-26-33(30,31)23-9-11-27(12-10-23,21-14-22(28)15-21)20-4-2-3-19(25)13-20/h2-8,13,21-23,26,28H,9-12,14-16H2,1H3/q+1. The first-order chi connectivity index (χ1) is 15.7. The van der Waals surface area contributed by atoms with Crippen LogP contribution < -0.4 is 9.21 Å². The van der Waals surface area contributed by atoms with Crippen molar-refractivity contribution >= 4 is 33.3 Å². The van der Waals surface area contributed by atoms with Crippen molar-refractivity contribution in [1.82, 2.24) is 9.21 Å². The van der Waals surface area contributed by atoms with E-state index in [9.17, 15) is 18.3 Å². The van der Waals surface area contributed by atoms with Gasteiger partial charge in [0.15, 0.2) is 0 Å². The minimum atomic E-state index is -3.51. The average molecular weight is 494 g/mol. The zero-order chi connectivity index (χ0) is 23.6. The number of likely N-dealkylation sites (tertiary alicyclic amines) is 1. The molecule has 0 amide bonds. The number of nitrogens with one attached hydrogen (secondary N) is 1. The quantitative estimate of drug-likeness (QED) is 0.456. The Bertz CT molecular complexity index is 1090. The Balaban J connectivity index is 1.42. The van der Waals surface area contributed by atoms with E-state index in [1.807, 2.05) is 18.2 Å². The van der Waals surface area contributed by atoms with Crippen LogP contribution in [0.2, 0.25) is 5.02 Å². The van der Waals surface area contributed by atoms with Gasteiger partial charge in [-0.25, -0.2) is 17.9 Å². The van der Waals surface area contributed by atoms with Crippen molar-refractivity contribution in [3.63, 3.8) is 0 Å². The third-order valence-corrected chi connectivity index (χ3v) is 9.23. The summed E-state index contributed by atoms with van der Waals surface area (Å²) < 4.78 is 34.2. The number of esters is 1. The number of quaternary nitrogens is 1. The molecule has 4 rings (SSSR count). The molecule has 1 saturated heterocycles. The van der Waals surface area contributed by atoms with E-state index in [2.05, 4.69) is 15.5 Å². The van der Waals surface area contributed by atoms with Crippen LogP contribution in [0.1, 0.15) is 41.6 Å². The first-order valence-corrected chi connectivity index (χ1v) is 13.1. The summed E-state index contributed by atoms with van der Waals surface area (Å²) in [5.74, 6) is -0.426. The van der Waals surface area contributed by atoms with Crippen LogP contribution in [-0.4, -0.2) is 57.1 Å². The molecule has 0 unspecified atom stereocenters. The van der Waals surface area contributed by atoms with Crippen LogP contribution in [0.3, 0.4) is 0 Å². The van der Waals surface area contributed by atoms with Gasteiger partial charge < -0.3 is 9.84 Å². The summed E-state index contributed by atoms with van der Waals surface area (Å²) in [5, 5.41) is 10.1. The van der Waals surface area contributed by atoms with Crippen molar-refractivity contribution < 1.29 is 23.1 Å². The van der Waals surface area contributed by atoms with E-state index in [1.165, 1.54) is 7.11 Å². The molecule has 178 valence electrons. The largest absolute Gasteiger partial charge is 0.465 e. The highest BCUT2D eigenvalue weighted by Crippen LogP contribution is 2.41. The molecule has 33 heavy (non-hydrogen) atoms. The minimum absolute atomic E-state index is 0.170. The van der Waals surface area contributed by atoms with Gasteiger partial charge in [-0.05, 0) is 29.8 Å². The molecule has 0 atom stereocenters. The molecule has 2 N–H and O–H groups in total. The lowest BCUT2D eigenvalue weighted by Crippen LogP contribution is -2.66. The molecule has 0 radical (unpaired) electrons. The van der Waals surface area contributed by atoms with Gasteiger partial charge in [-0.3, -0.25) is 4.48 Å². The number of rotatable bonds is 7. The van der Waals surface area contributed by atoms with Gasteiger partial charge in [-0.1, -0.05) is 29.8 Å². The summed E-state index contributed by atoms with van der Waals surface area (Å²) >= 11 is 6.27. The number of carbonyl (C=O) groups is 1.